The summed E-state index contributed by atoms with van der Waals surface area (Å²) in [5.41, 5.74) is 5.93. The number of rotatable bonds is 3. The van der Waals surface area contributed by atoms with Gasteiger partial charge in [0.1, 0.15) is 5.54 Å². The van der Waals surface area contributed by atoms with Gasteiger partial charge in [0.05, 0.1) is 12.6 Å². The quantitative estimate of drug-likeness (QED) is 0.916. The van der Waals surface area contributed by atoms with E-state index in [0.29, 0.717) is 6.54 Å². The van der Waals surface area contributed by atoms with E-state index in [2.05, 4.69) is 11.2 Å². The minimum Gasteiger partial charge on any atom is -0.311 e. The molecule has 1 unspecified atom stereocenters. The summed E-state index contributed by atoms with van der Waals surface area (Å²) in [6.45, 7) is 0.530. The standard InChI is InChI=1S/C16H22N4/c17-10-16(18,11-20-3-1-2-19-20)15-7-12-4-13(8-15)6-14(5-12)9-15/h1-3,12-14H,4-9,11,18H2. The summed E-state index contributed by atoms with van der Waals surface area (Å²) < 4.78 is 1.84. The number of aromatic nitrogens is 2. The molecule has 1 atom stereocenters. The summed E-state index contributed by atoms with van der Waals surface area (Å²) in [5.74, 6) is 2.44. The molecule has 0 amide bonds. The SMILES string of the molecule is N#CC(N)(Cn1cccn1)C12CC3CC(CC(C3)C1)C2. The van der Waals surface area contributed by atoms with Gasteiger partial charge < -0.3 is 5.73 Å². The Bertz CT molecular complexity index is 506. The van der Waals surface area contributed by atoms with Crippen LogP contribution < -0.4 is 5.73 Å². The third-order valence-corrected chi connectivity index (χ3v) is 6.15. The largest absolute Gasteiger partial charge is 0.311 e. The lowest BCUT2D eigenvalue weighted by Gasteiger charge is -2.60. The average molecular weight is 270 g/mol. The number of hydrogen-bond acceptors (Lipinski definition) is 3. The molecule has 0 aliphatic heterocycles. The molecule has 4 heteroatoms. The highest BCUT2D eigenvalue weighted by molar-refractivity contribution is 5.20. The summed E-state index contributed by atoms with van der Waals surface area (Å²) in [4.78, 5) is 0. The van der Waals surface area contributed by atoms with Gasteiger partial charge >= 0.3 is 0 Å². The Kier molecular flexibility index (Phi) is 2.53. The van der Waals surface area contributed by atoms with Crippen molar-refractivity contribution in [2.24, 2.45) is 28.9 Å². The van der Waals surface area contributed by atoms with Crippen molar-refractivity contribution >= 4 is 0 Å². The fourth-order valence-corrected chi connectivity index (χ4v) is 5.63. The second-order valence-corrected chi connectivity index (χ2v) is 7.48. The summed E-state index contributed by atoms with van der Waals surface area (Å²) in [6, 6.07) is 4.39. The van der Waals surface area contributed by atoms with Gasteiger partial charge in [-0.2, -0.15) is 10.4 Å². The van der Waals surface area contributed by atoms with Crippen molar-refractivity contribution in [2.45, 2.75) is 50.6 Å². The lowest BCUT2D eigenvalue weighted by atomic mass is 9.45. The van der Waals surface area contributed by atoms with E-state index >= 15 is 0 Å². The van der Waals surface area contributed by atoms with E-state index in [4.69, 9.17) is 5.73 Å². The predicted molar refractivity (Wildman–Crippen MR) is 75.4 cm³/mol. The maximum Gasteiger partial charge on any atom is 0.129 e. The number of hydrogen-bond donors (Lipinski definition) is 1. The Hall–Kier alpha value is -1.34. The zero-order valence-electron chi connectivity index (χ0n) is 11.8. The number of nitrogens with zero attached hydrogens (tertiary/aromatic N) is 3. The molecule has 20 heavy (non-hydrogen) atoms. The van der Waals surface area contributed by atoms with Gasteiger partial charge in [0.25, 0.3) is 0 Å². The Balaban J connectivity index is 1.68. The Morgan fingerprint density at radius 3 is 2.30 bits per heavy atom. The van der Waals surface area contributed by atoms with E-state index in [1.165, 1.54) is 19.3 Å². The molecule has 4 fully saturated rings. The number of nitriles is 1. The van der Waals surface area contributed by atoms with Crippen molar-refractivity contribution in [3.63, 3.8) is 0 Å². The molecule has 0 aromatic carbocycles. The van der Waals surface area contributed by atoms with E-state index < -0.39 is 5.54 Å². The van der Waals surface area contributed by atoms with Gasteiger partial charge in [0.2, 0.25) is 0 Å². The lowest BCUT2D eigenvalue weighted by molar-refractivity contribution is -0.0874. The molecule has 1 heterocycles. The fraction of sp³-hybridized carbons (Fsp3) is 0.750. The molecule has 5 rings (SSSR count). The van der Waals surface area contributed by atoms with E-state index in [0.717, 1.165) is 37.0 Å². The first-order chi connectivity index (χ1) is 9.62. The minimum atomic E-state index is -0.769. The first kappa shape index (κ1) is 12.4. The van der Waals surface area contributed by atoms with Crippen molar-refractivity contribution in [2.75, 3.05) is 0 Å². The highest BCUT2D eigenvalue weighted by Crippen LogP contribution is 2.63. The van der Waals surface area contributed by atoms with Crippen LogP contribution in [0, 0.1) is 34.5 Å². The highest BCUT2D eigenvalue weighted by Gasteiger charge is 2.59. The van der Waals surface area contributed by atoms with Crippen LogP contribution in [0.1, 0.15) is 38.5 Å². The molecular weight excluding hydrogens is 248 g/mol. The van der Waals surface area contributed by atoms with Crippen LogP contribution in [0.25, 0.3) is 0 Å². The summed E-state index contributed by atoms with van der Waals surface area (Å²) in [5, 5.41) is 14.1. The molecule has 1 aromatic heterocycles. The smallest absolute Gasteiger partial charge is 0.129 e. The van der Waals surface area contributed by atoms with E-state index in [9.17, 15) is 5.26 Å². The average Bonchev–Trinajstić information content (AvgIpc) is 2.89. The Morgan fingerprint density at radius 1 is 1.25 bits per heavy atom. The molecule has 0 radical (unpaired) electrons. The van der Waals surface area contributed by atoms with Crippen LogP contribution in [-0.2, 0) is 6.54 Å². The van der Waals surface area contributed by atoms with Crippen LogP contribution in [-0.4, -0.2) is 15.3 Å². The molecule has 4 aliphatic rings. The first-order valence-corrected chi connectivity index (χ1v) is 7.80. The van der Waals surface area contributed by atoms with Crippen molar-refractivity contribution < 1.29 is 0 Å². The van der Waals surface area contributed by atoms with Gasteiger partial charge in [-0.1, -0.05) is 0 Å². The van der Waals surface area contributed by atoms with E-state index in [1.54, 1.807) is 6.20 Å². The maximum atomic E-state index is 9.83. The molecular formula is C16H22N4. The highest BCUT2D eigenvalue weighted by atomic mass is 15.3. The molecule has 4 saturated carbocycles. The van der Waals surface area contributed by atoms with Gasteiger partial charge in [-0.15, -0.1) is 0 Å². The predicted octanol–water partition coefficient (Wildman–Crippen LogP) is 2.32. The Morgan fingerprint density at radius 2 is 1.85 bits per heavy atom. The van der Waals surface area contributed by atoms with Gasteiger partial charge in [0, 0.05) is 17.8 Å². The molecule has 106 valence electrons. The summed E-state index contributed by atoms with van der Waals surface area (Å²) in [7, 11) is 0. The Labute approximate surface area is 119 Å². The van der Waals surface area contributed by atoms with Gasteiger partial charge in [-0.25, -0.2) is 0 Å². The normalized spacial score (nSPS) is 41.3. The van der Waals surface area contributed by atoms with Crippen molar-refractivity contribution in [3.8, 4) is 6.07 Å². The van der Waals surface area contributed by atoms with Crippen LogP contribution in [0.4, 0.5) is 0 Å². The van der Waals surface area contributed by atoms with Gasteiger partial charge in [-0.3, -0.25) is 4.68 Å². The maximum absolute atomic E-state index is 9.83. The topological polar surface area (TPSA) is 67.6 Å². The van der Waals surface area contributed by atoms with Crippen LogP contribution in [0.2, 0.25) is 0 Å². The first-order valence-electron chi connectivity index (χ1n) is 7.80. The third kappa shape index (κ3) is 1.66. The van der Waals surface area contributed by atoms with Crippen LogP contribution >= 0.6 is 0 Å². The zero-order chi connectivity index (χ0) is 13.8. The number of nitrogens with two attached hydrogens (primary N) is 1. The minimum absolute atomic E-state index is 0.0302. The van der Waals surface area contributed by atoms with Gasteiger partial charge in [-0.05, 0) is 62.3 Å². The third-order valence-electron chi connectivity index (χ3n) is 6.15. The molecule has 4 nitrogen and oxygen atoms in total. The van der Waals surface area contributed by atoms with Crippen LogP contribution in [0.3, 0.4) is 0 Å². The molecule has 2 N–H and O–H groups in total. The van der Waals surface area contributed by atoms with Crippen LogP contribution in [0.5, 0.6) is 0 Å². The summed E-state index contributed by atoms with van der Waals surface area (Å²) in [6.07, 6.45) is 11.3. The molecule has 0 spiro atoms. The van der Waals surface area contributed by atoms with Crippen molar-refractivity contribution in [1.82, 2.24) is 9.78 Å². The lowest BCUT2D eigenvalue weighted by Crippen LogP contribution is -2.63. The molecule has 0 saturated heterocycles. The zero-order valence-corrected chi connectivity index (χ0v) is 11.8. The van der Waals surface area contributed by atoms with Crippen LogP contribution in [0.15, 0.2) is 18.5 Å². The second-order valence-electron chi connectivity index (χ2n) is 7.48. The monoisotopic (exact) mass is 270 g/mol. The van der Waals surface area contributed by atoms with E-state index in [-0.39, 0.29) is 5.41 Å². The van der Waals surface area contributed by atoms with Gasteiger partial charge in [0.15, 0.2) is 0 Å². The second kappa shape index (κ2) is 4.08. The summed E-state index contributed by atoms with van der Waals surface area (Å²) >= 11 is 0. The molecule has 4 aliphatic carbocycles. The van der Waals surface area contributed by atoms with E-state index in [1.807, 2.05) is 16.9 Å². The van der Waals surface area contributed by atoms with Crippen molar-refractivity contribution in [3.05, 3.63) is 18.5 Å². The van der Waals surface area contributed by atoms with Crippen molar-refractivity contribution in [1.29, 1.82) is 5.26 Å². The molecule has 1 aromatic rings. The fourth-order valence-electron chi connectivity index (χ4n) is 5.63. The molecule has 4 bridgehead atoms.